The maximum atomic E-state index is 4.87. The van der Waals surface area contributed by atoms with E-state index < -0.39 is 5.98 Å². The van der Waals surface area contributed by atoms with Gasteiger partial charge in [-0.15, -0.1) is 0 Å². The van der Waals surface area contributed by atoms with E-state index in [1.54, 1.807) is 0 Å². The van der Waals surface area contributed by atoms with Crippen molar-refractivity contribution in [2.45, 2.75) is 0 Å². The molecule has 0 bridgehead atoms. The quantitative estimate of drug-likeness (QED) is 0.479. The van der Waals surface area contributed by atoms with Crippen LogP contribution in [0.2, 0.25) is 0 Å². The molecule has 0 aliphatic rings. The Balaban J connectivity index is 0. The summed E-state index contributed by atoms with van der Waals surface area (Å²) in [7, 11) is 0. The van der Waals surface area contributed by atoms with Gasteiger partial charge in [0, 0.05) is 5.48 Å². The second kappa shape index (κ2) is 5.26. The Bertz CT molecular complexity index is 11.6. The molecule has 0 heterocycles. The molecule has 0 aliphatic heterocycles. The normalized spacial score (nSPS) is 7.20. The van der Waals surface area contributed by atoms with Gasteiger partial charge in [-0.05, 0) is 0 Å². The lowest BCUT2D eigenvalue weighted by Crippen LogP contribution is -0.958. The Morgan fingerprint density at radius 2 is 1.00 bits per heavy atom. The van der Waals surface area contributed by atoms with Gasteiger partial charge in [-0.25, -0.2) is 0 Å². The highest BCUT2D eigenvalue weighted by atomic mass is 36.0. The monoisotopic (exact) mass is 152 g/mol. The van der Waals surface area contributed by atoms with Gasteiger partial charge in [-0.1, -0.05) is 33.7 Å². The van der Waals surface area contributed by atoms with Crippen molar-refractivity contribution in [1.29, 1.82) is 0 Å². The second-order valence-electron chi connectivity index (χ2n) is 0.192. The first kappa shape index (κ1) is 9.54. The summed E-state index contributed by atoms with van der Waals surface area (Å²) in [6, 6.07) is 0. The third-order valence-corrected chi connectivity index (χ3v) is 0. The van der Waals surface area contributed by atoms with Crippen LogP contribution in [-0.2, 0) is 5.48 Å². The summed E-state index contributed by atoms with van der Waals surface area (Å²) in [5.41, 5.74) is 0. The van der Waals surface area contributed by atoms with Crippen LogP contribution in [0.4, 0.5) is 0 Å². The van der Waals surface area contributed by atoms with Gasteiger partial charge in [0.1, 0.15) is 0 Å². The van der Waals surface area contributed by atoms with Crippen molar-refractivity contribution in [2.75, 3.05) is 0 Å². The van der Waals surface area contributed by atoms with E-state index >= 15 is 0 Å². The van der Waals surface area contributed by atoms with Crippen LogP contribution in [0.25, 0.3) is 0 Å². The van der Waals surface area contributed by atoms with Crippen molar-refractivity contribution in [1.82, 2.24) is 0 Å². The van der Waals surface area contributed by atoms with Gasteiger partial charge in [0.2, 0.25) is 0 Å². The largest absolute Gasteiger partial charge is 0.179 e. The average Bonchev–Trinajstić information content (AvgIpc) is 0.811. The van der Waals surface area contributed by atoms with Gasteiger partial charge in [0.25, 0.3) is 0 Å². The zero-order valence-corrected chi connectivity index (χ0v) is 5.15. The smallest absolute Gasteiger partial charge is 0.0596 e. The van der Waals surface area contributed by atoms with Crippen LogP contribution in [-0.4, -0.2) is 0 Å². The van der Waals surface area contributed by atoms with E-state index in [0.29, 0.717) is 0 Å². The molecule has 0 aromatic heterocycles. The van der Waals surface area contributed by atoms with Gasteiger partial charge < -0.3 is 0 Å². The van der Waals surface area contributed by atoms with Crippen molar-refractivity contribution in [2.24, 2.45) is 0 Å². The Kier molecular flexibility index (Phi) is 10.0. The molecule has 0 spiro atoms. The van der Waals surface area contributed by atoms with Gasteiger partial charge in [0.15, 0.2) is 5.98 Å². The molecule has 0 rings (SSSR count). The van der Waals surface area contributed by atoms with Gasteiger partial charge in [0.05, 0.1) is 0 Å². The fourth-order valence-electron chi connectivity index (χ4n) is 0. The van der Waals surface area contributed by atoms with E-state index in [4.69, 9.17) is 33.7 Å². The van der Waals surface area contributed by atoms with Crippen molar-refractivity contribution in [3.05, 3.63) is 0 Å². The fraction of sp³-hybridized carbons (Fsp3) is 0. The predicted octanol–water partition coefficient (Wildman–Crippen LogP) is 2.81. The number of halogens is 3. The topological polar surface area (TPSA) is 28.5 Å². The van der Waals surface area contributed by atoms with E-state index in [1.165, 1.54) is 0 Å². The minimum atomic E-state index is -1.20. The molecule has 2 radical (unpaired) electrons. The molecule has 0 saturated carbocycles. The number of hydrogen-bond donors (Lipinski definition) is 0. The maximum Gasteiger partial charge on any atom is 0.179 e. The summed E-state index contributed by atoms with van der Waals surface area (Å²) in [4.78, 5) is 0. The Morgan fingerprint density at radius 1 is 1.00 bits per heavy atom. The standard InChI is InChI=1S/Cl3P.O/c1-4(2)3;. The number of hydrogen-bond acceptors (Lipinski definition) is 0. The van der Waals surface area contributed by atoms with E-state index in [9.17, 15) is 0 Å². The lowest BCUT2D eigenvalue weighted by Gasteiger charge is -1.68. The molecule has 1 nitrogen and oxygen atoms in total. The summed E-state index contributed by atoms with van der Waals surface area (Å²) in [6.45, 7) is 0. The van der Waals surface area contributed by atoms with Crippen molar-refractivity contribution in [3.63, 3.8) is 0 Å². The van der Waals surface area contributed by atoms with Crippen LogP contribution >= 0.6 is 39.7 Å². The van der Waals surface area contributed by atoms with Gasteiger partial charge in [-0.2, -0.15) is 0 Å². The first-order valence-corrected chi connectivity index (χ1v) is 4.56. The summed E-state index contributed by atoms with van der Waals surface area (Å²) in [5, 5.41) is 0. The predicted molar refractivity (Wildman–Crippen MR) is 25.2 cm³/mol. The van der Waals surface area contributed by atoms with Crippen LogP contribution in [0, 0.1) is 0 Å². The molecule has 5 heavy (non-hydrogen) atoms. The van der Waals surface area contributed by atoms with E-state index in [0.717, 1.165) is 0 Å². The number of rotatable bonds is 0. The summed E-state index contributed by atoms with van der Waals surface area (Å²) in [6.07, 6.45) is 0. The first-order chi connectivity index (χ1) is 1.73. The van der Waals surface area contributed by atoms with Gasteiger partial charge >= 0.3 is 0 Å². The highest BCUT2D eigenvalue weighted by molar-refractivity contribution is 8.20. The lowest BCUT2D eigenvalue weighted by molar-refractivity contribution is 0.686. The third kappa shape index (κ3) is 35.2. The lowest BCUT2D eigenvalue weighted by atomic mass is 16.0. The molecular weight excluding hydrogens is 153 g/mol. The zero-order valence-electron chi connectivity index (χ0n) is 1.99. The molecule has 0 fully saturated rings. The average molecular weight is 153 g/mol. The summed E-state index contributed by atoms with van der Waals surface area (Å²) >= 11 is 14.6. The third-order valence-electron chi connectivity index (χ3n) is 0. The minimum Gasteiger partial charge on any atom is -0.0596 e. The summed E-state index contributed by atoms with van der Waals surface area (Å²) < 4.78 is 0. The van der Waals surface area contributed by atoms with Gasteiger partial charge in [-0.3, -0.25) is 0 Å². The maximum absolute atomic E-state index is 4.87. The van der Waals surface area contributed by atoms with Crippen molar-refractivity contribution in [3.8, 4) is 0 Å². The second-order valence-corrected chi connectivity index (χ2v) is 5.17. The molecule has 0 unspecified atom stereocenters. The molecule has 0 atom stereocenters. The highest BCUT2D eigenvalue weighted by Crippen LogP contribution is 2.51. The molecule has 32 valence electrons. The van der Waals surface area contributed by atoms with Crippen molar-refractivity contribution >= 4 is 39.7 Å². The molecule has 0 amide bonds. The molecule has 5 heteroatoms. The van der Waals surface area contributed by atoms with Crippen molar-refractivity contribution < 1.29 is 5.48 Å². The van der Waals surface area contributed by atoms with Crippen LogP contribution in [0.1, 0.15) is 0 Å². The zero-order chi connectivity index (χ0) is 3.58. The van der Waals surface area contributed by atoms with Crippen LogP contribution in [0.3, 0.4) is 0 Å². The fourth-order valence-corrected chi connectivity index (χ4v) is 0. The molecule has 0 aliphatic carbocycles. The van der Waals surface area contributed by atoms with E-state index in [-0.39, 0.29) is 5.48 Å². The molecule has 0 saturated heterocycles. The highest BCUT2D eigenvalue weighted by Gasteiger charge is 1.80. The Labute approximate surface area is 45.6 Å². The Hall–Kier alpha value is 1.26. The van der Waals surface area contributed by atoms with Crippen LogP contribution < -0.4 is 0 Å². The molecule has 0 N–H and O–H groups in total. The molecular formula is Cl3OP. The van der Waals surface area contributed by atoms with Crippen LogP contribution in [0.15, 0.2) is 0 Å². The summed E-state index contributed by atoms with van der Waals surface area (Å²) in [5.74, 6) is -1.20. The van der Waals surface area contributed by atoms with Crippen LogP contribution in [0.5, 0.6) is 0 Å². The molecule has 0 aromatic rings. The first-order valence-electron chi connectivity index (χ1n) is 0.507. The van der Waals surface area contributed by atoms with E-state index in [2.05, 4.69) is 0 Å². The van der Waals surface area contributed by atoms with E-state index in [1.807, 2.05) is 0 Å². The Morgan fingerprint density at radius 3 is 1.00 bits per heavy atom. The SMILES string of the molecule is ClP(Cl)Cl.[O]. The minimum absolute atomic E-state index is 0. The molecule has 0 aromatic carbocycles.